The highest BCUT2D eigenvalue weighted by atomic mass is 35.5. The van der Waals surface area contributed by atoms with Crippen molar-refractivity contribution in [3.05, 3.63) is 38.9 Å². The van der Waals surface area contributed by atoms with Crippen LogP contribution in [0.4, 0.5) is 5.69 Å². The first kappa shape index (κ1) is 15.7. The third kappa shape index (κ3) is 3.49. The largest absolute Gasteiger partial charge is 0.378 e. The van der Waals surface area contributed by atoms with E-state index in [1.165, 1.54) is 12.1 Å². The van der Waals surface area contributed by atoms with Crippen LogP contribution in [-0.4, -0.2) is 43.3 Å². The lowest BCUT2D eigenvalue weighted by Gasteiger charge is -2.25. The average Bonchev–Trinajstić information content (AvgIpc) is 2.94. The zero-order valence-corrected chi connectivity index (χ0v) is 12.2. The monoisotopic (exact) mass is 314 g/mol. The normalized spacial score (nSPS) is 21.2. The van der Waals surface area contributed by atoms with E-state index in [1.807, 2.05) is 0 Å². The molecule has 0 saturated carbocycles. The van der Waals surface area contributed by atoms with Crippen molar-refractivity contribution in [1.82, 2.24) is 5.32 Å². The number of non-ortho nitro benzene ring substituents is 1. The maximum Gasteiger partial charge on any atom is 0.270 e. The molecular weight excluding hydrogens is 300 g/mol. The number of nitrogens with one attached hydrogen (secondary N) is 1. The maximum atomic E-state index is 12.1. The molecule has 1 atom stereocenters. The van der Waals surface area contributed by atoms with Gasteiger partial charge >= 0.3 is 0 Å². The van der Waals surface area contributed by atoms with E-state index in [4.69, 9.17) is 21.1 Å². The maximum absolute atomic E-state index is 12.1. The first-order valence-corrected chi connectivity index (χ1v) is 6.70. The van der Waals surface area contributed by atoms with Crippen molar-refractivity contribution in [2.24, 2.45) is 0 Å². The number of amides is 1. The molecule has 0 bridgehead atoms. The number of hydrogen-bond acceptors (Lipinski definition) is 5. The minimum Gasteiger partial charge on any atom is -0.378 e. The van der Waals surface area contributed by atoms with Gasteiger partial charge in [0.15, 0.2) is 0 Å². The minimum absolute atomic E-state index is 0.0378. The van der Waals surface area contributed by atoms with Crippen molar-refractivity contribution in [1.29, 1.82) is 0 Å². The third-order valence-electron chi connectivity index (χ3n) is 3.48. The summed E-state index contributed by atoms with van der Waals surface area (Å²) in [5, 5.41) is 13.4. The molecule has 0 spiro atoms. The van der Waals surface area contributed by atoms with Gasteiger partial charge < -0.3 is 14.8 Å². The zero-order valence-electron chi connectivity index (χ0n) is 11.4. The molecule has 1 aliphatic rings. The molecular formula is C13H15ClN2O5. The summed E-state index contributed by atoms with van der Waals surface area (Å²) in [6, 6.07) is 3.73. The van der Waals surface area contributed by atoms with Crippen molar-refractivity contribution in [3.8, 4) is 0 Å². The van der Waals surface area contributed by atoms with E-state index in [0.29, 0.717) is 19.6 Å². The fourth-order valence-electron chi connectivity index (χ4n) is 2.10. The molecule has 8 heteroatoms. The molecule has 1 N–H and O–H groups in total. The fraction of sp³-hybridized carbons (Fsp3) is 0.462. The quantitative estimate of drug-likeness (QED) is 0.661. The van der Waals surface area contributed by atoms with Gasteiger partial charge in [-0.25, -0.2) is 0 Å². The van der Waals surface area contributed by atoms with Gasteiger partial charge in [0.05, 0.1) is 22.1 Å². The molecule has 1 unspecified atom stereocenters. The molecule has 21 heavy (non-hydrogen) atoms. The number of benzene rings is 1. The molecule has 1 amide bonds. The van der Waals surface area contributed by atoms with Crippen molar-refractivity contribution in [3.63, 3.8) is 0 Å². The highest BCUT2D eigenvalue weighted by Crippen LogP contribution is 2.24. The molecule has 2 rings (SSSR count). The van der Waals surface area contributed by atoms with Crippen molar-refractivity contribution in [2.45, 2.75) is 12.0 Å². The van der Waals surface area contributed by atoms with E-state index in [2.05, 4.69) is 5.32 Å². The average molecular weight is 315 g/mol. The second-order valence-corrected chi connectivity index (χ2v) is 5.20. The lowest BCUT2D eigenvalue weighted by molar-refractivity contribution is -0.384. The Hall–Kier alpha value is -1.70. The summed E-state index contributed by atoms with van der Waals surface area (Å²) in [5.41, 5.74) is -0.496. The molecule has 0 aliphatic carbocycles. The lowest BCUT2D eigenvalue weighted by atomic mass is 10.0. The van der Waals surface area contributed by atoms with Gasteiger partial charge in [0.25, 0.3) is 11.6 Å². The summed E-state index contributed by atoms with van der Waals surface area (Å²) in [6.45, 7) is 1.29. The highest BCUT2D eigenvalue weighted by Gasteiger charge is 2.35. The first-order valence-electron chi connectivity index (χ1n) is 6.32. The van der Waals surface area contributed by atoms with Crippen LogP contribution in [0.1, 0.15) is 16.8 Å². The molecule has 0 radical (unpaired) electrons. The fourth-order valence-corrected chi connectivity index (χ4v) is 2.36. The van der Waals surface area contributed by atoms with E-state index < -0.39 is 16.4 Å². The molecule has 0 aromatic heterocycles. The SMILES string of the molecule is COC1(CNC(=O)c2ccc([N+](=O)[O-])cc2Cl)CCOC1. The van der Waals surface area contributed by atoms with E-state index >= 15 is 0 Å². The van der Waals surface area contributed by atoms with Crippen LogP contribution in [0.15, 0.2) is 18.2 Å². The Kier molecular flexibility index (Phi) is 4.76. The number of carbonyl (C=O) groups excluding carboxylic acids is 1. The zero-order chi connectivity index (χ0) is 15.5. The summed E-state index contributed by atoms with van der Waals surface area (Å²) in [4.78, 5) is 22.2. The number of hydrogen-bond donors (Lipinski definition) is 1. The Bertz CT molecular complexity index is 557. The van der Waals surface area contributed by atoms with Crippen LogP contribution in [0, 0.1) is 10.1 Å². The summed E-state index contributed by atoms with van der Waals surface area (Å²) in [7, 11) is 1.57. The molecule has 1 aromatic carbocycles. The Morgan fingerprint density at radius 2 is 2.38 bits per heavy atom. The van der Waals surface area contributed by atoms with Gasteiger partial charge in [-0.05, 0) is 6.07 Å². The van der Waals surface area contributed by atoms with E-state index in [1.54, 1.807) is 7.11 Å². The number of rotatable bonds is 5. The summed E-state index contributed by atoms with van der Waals surface area (Å²) in [5.74, 6) is -0.404. The highest BCUT2D eigenvalue weighted by molar-refractivity contribution is 6.34. The molecule has 1 fully saturated rings. The summed E-state index contributed by atoms with van der Waals surface area (Å²) >= 11 is 5.91. The van der Waals surface area contributed by atoms with Crippen LogP contribution in [-0.2, 0) is 9.47 Å². The van der Waals surface area contributed by atoms with Gasteiger partial charge in [-0.15, -0.1) is 0 Å². The molecule has 1 heterocycles. The van der Waals surface area contributed by atoms with Gasteiger partial charge in [-0.1, -0.05) is 11.6 Å². The van der Waals surface area contributed by atoms with Crippen molar-refractivity contribution < 1.29 is 19.2 Å². The van der Waals surface area contributed by atoms with Crippen LogP contribution < -0.4 is 5.32 Å². The van der Waals surface area contributed by atoms with Gasteiger partial charge in [0.1, 0.15) is 5.60 Å². The smallest absolute Gasteiger partial charge is 0.270 e. The molecule has 1 aromatic rings. The number of nitro benzene ring substituents is 1. The predicted molar refractivity (Wildman–Crippen MR) is 75.6 cm³/mol. The van der Waals surface area contributed by atoms with Crippen LogP contribution in [0.25, 0.3) is 0 Å². The van der Waals surface area contributed by atoms with Gasteiger partial charge in [-0.2, -0.15) is 0 Å². The van der Waals surface area contributed by atoms with E-state index in [0.717, 1.165) is 6.07 Å². The van der Waals surface area contributed by atoms with Crippen LogP contribution in [0.5, 0.6) is 0 Å². The Labute approximate surface area is 126 Å². The number of nitro groups is 1. The standard InChI is InChI=1S/C13H15ClN2O5/c1-20-13(4-5-21-8-13)7-15-12(17)10-3-2-9(16(18)19)6-11(10)14/h2-3,6H,4-5,7-8H2,1H3,(H,15,17). The third-order valence-corrected chi connectivity index (χ3v) is 3.79. The second kappa shape index (κ2) is 6.38. The number of halogens is 1. The topological polar surface area (TPSA) is 90.7 Å². The summed E-state index contributed by atoms with van der Waals surface area (Å²) in [6.07, 6.45) is 0.692. The number of carbonyl (C=O) groups is 1. The Balaban J connectivity index is 2.05. The predicted octanol–water partition coefficient (Wildman–Crippen LogP) is 1.78. The number of methoxy groups -OCH3 is 1. The van der Waals surface area contributed by atoms with Gasteiger partial charge in [-0.3, -0.25) is 14.9 Å². The number of ether oxygens (including phenoxy) is 2. The summed E-state index contributed by atoms with van der Waals surface area (Å²) < 4.78 is 10.7. The van der Waals surface area contributed by atoms with Crippen LogP contribution >= 0.6 is 11.6 Å². The second-order valence-electron chi connectivity index (χ2n) is 4.79. The van der Waals surface area contributed by atoms with Crippen LogP contribution in [0.2, 0.25) is 5.02 Å². The first-order chi connectivity index (χ1) is 9.97. The van der Waals surface area contributed by atoms with Crippen molar-refractivity contribution >= 4 is 23.2 Å². The van der Waals surface area contributed by atoms with Gasteiger partial charge in [0, 0.05) is 38.8 Å². The van der Waals surface area contributed by atoms with E-state index in [9.17, 15) is 14.9 Å². The number of nitrogens with zero attached hydrogens (tertiary/aromatic N) is 1. The molecule has 1 aliphatic heterocycles. The lowest BCUT2D eigenvalue weighted by Crippen LogP contribution is -2.45. The molecule has 114 valence electrons. The van der Waals surface area contributed by atoms with E-state index in [-0.39, 0.29) is 22.8 Å². The van der Waals surface area contributed by atoms with Crippen LogP contribution in [0.3, 0.4) is 0 Å². The molecule has 7 nitrogen and oxygen atoms in total. The molecule has 1 saturated heterocycles. The Morgan fingerprint density at radius 3 is 2.90 bits per heavy atom. The minimum atomic E-state index is -0.566. The van der Waals surface area contributed by atoms with Crippen molar-refractivity contribution in [2.75, 3.05) is 26.9 Å². The van der Waals surface area contributed by atoms with Gasteiger partial charge in [0.2, 0.25) is 0 Å². The Morgan fingerprint density at radius 1 is 1.62 bits per heavy atom.